The number of hydrogen-bond acceptors (Lipinski definition) is 6. The summed E-state index contributed by atoms with van der Waals surface area (Å²) < 4.78 is 15.3. The van der Waals surface area contributed by atoms with E-state index in [0.717, 1.165) is 0 Å². The van der Waals surface area contributed by atoms with Crippen LogP contribution in [0.5, 0.6) is 11.5 Å². The Morgan fingerprint density at radius 2 is 1.91 bits per heavy atom. The molecule has 0 unspecified atom stereocenters. The lowest BCUT2D eigenvalue weighted by atomic mass is 10.0. The van der Waals surface area contributed by atoms with Crippen LogP contribution in [0.2, 0.25) is 0 Å². The van der Waals surface area contributed by atoms with Crippen LogP contribution < -0.4 is 14.8 Å². The molecule has 1 heterocycles. The number of benzene rings is 1. The molecule has 0 spiro atoms. The molecule has 0 bridgehead atoms. The number of carbonyl (C=O) groups excluding carboxylic acids is 1. The molecule has 1 aromatic carbocycles. The van der Waals surface area contributed by atoms with Crippen molar-refractivity contribution in [1.82, 2.24) is 5.32 Å². The lowest BCUT2D eigenvalue weighted by molar-refractivity contribution is -0.142. The zero-order valence-electron chi connectivity index (χ0n) is 13.0. The lowest BCUT2D eigenvalue weighted by Gasteiger charge is -2.24. The minimum atomic E-state index is -1.56. The van der Waals surface area contributed by atoms with Gasteiger partial charge in [0.25, 0.3) is 0 Å². The number of amides is 1. The molecular weight excluding hydrogens is 306 g/mol. The third kappa shape index (κ3) is 4.26. The fourth-order valence-corrected chi connectivity index (χ4v) is 2.00. The maximum Gasteiger partial charge on any atom is 0.408 e. The summed E-state index contributed by atoms with van der Waals surface area (Å²) in [6, 6.07) is 2.97. The van der Waals surface area contributed by atoms with Crippen LogP contribution in [0.1, 0.15) is 32.4 Å². The second kappa shape index (κ2) is 6.33. The van der Waals surface area contributed by atoms with Crippen LogP contribution >= 0.6 is 0 Å². The molecule has 8 nitrogen and oxygen atoms in total. The Balaban J connectivity index is 2.14. The highest BCUT2D eigenvalue weighted by Gasteiger charge is 2.32. The molecule has 2 atom stereocenters. The van der Waals surface area contributed by atoms with E-state index in [0.29, 0.717) is 11.5 Å². The second-order valence-corrected chi connectivity index (χ2v) is 6.02. The van der Waals surface area contributed by atoms with Crippen molar-refractivity contribution in [2.75, 3.05) is 6.79 Å². The Kier molecular flexibility index (Phi) is 4.65. The first-order chi connectivity index (χ1) is 10.7. The van der Waals surface area contributed by atoms with Crippen LogP contribution in [-0.4, -0.2) is 40.7 Å². The Morgan fingerprint density at radius 1 is 1.26 bits per heavy atom. The molecule has 23 heavy (non-hydrogen) atoms. The highest BCUT2D eigenvalue weighted by molar-refractivity contribution is 5.81. The van der Waals surface area contributed by atoms with Gasteiger partial charge in [0.1, 0.15) is 11.7 Å². The molecular formula is C15H19NO7. The molecule has 8 heteroatoms. The summed E-state index contributed by atoms with van der Waals surface area (Å²) in [6.07, 6.45) is -2.40. The minimum Gasteiger partial charge on any atom is -0.480 e. The van der Waals surface area contributed by atoms with Crippen LogP contribution in [0.15, 0.2) is 18.2 Å². The first kappa shape index (κ1) is 16.9. The summed E-state index contributed by atoms with van der Waals surface area (Å²) in [6.45, 7) is 5.01. The molecule has 0 aromatic heterocycles. The van der Waals surface area contributed by atoms with Gasteiger partial charge in [-0.3, -0.25) is 0 Å². The van der Waals surface area contributed by atoms with Gasteiger partial charge in [0.15, 0.2) is 17.5 Å². The quantitative estimate of drug-likeness (QED) is 0.767. The number of alkyl carbamates (subject to hydrolysis) is 1. The zero-order valence-corrected chi connectivity index (χ0v) is 13.0. The maximum atomic E-state index is 11.7. The third-order valence-electron chi connectivity index (χ3n) is 2.99. The summed E-state index contributed by atoms with van der Waals surface area (Å²) in [5, 5.41) is 21.7. The smallest absolute Gasteiger partial charge is 0.408 e. The van der Waals surface area contributed by atoms with Gasteiger partial charge in [-0.1, -0.05) is 6.07 Å². The highest BCUT2D eigenvalue weighted by Crippen LogP contribution is 2.34. The summed E-state index contributed by atoms with van der Waals surface area (Å²) in [4.78, 5) is 23.1. The summed E-state index contributed by atoms with van der Waals surface area (Å²) in [5.41, 5.74) is -0.505. The number of nitrogens with one attached hydrogen (secondary N) is 1. The van der Waals surface area contributed by atoms with Gasteiger partial charge in [-0.25, -0.2) is 9.59 Å². The number of carboxylic acids is 1. The van der Waals surface area contributed by atoms with Crippen molar-refractivity contribution in [2.45, 2.75) is 38.5 Å². The topological polar surface area (TPSA) is 114 Å². The standard InChI is InChI=1S/C15H19NO7/c1-15(2,3)23-14(20)16-11(13(18)19)12(17)8-4-5-9-10(6-8)22-7-21-9/h4-6,11-12,17H,7H2,1-3H3,(H,16,20)(H,18,19)/t11-,12+/m1/s1. The Labute approximate surface area is 133 Å². The van der Waals surface area contributed by atoms with Gasteiger partial charge in [0.05, 0.1) is 0 Å². The molecule has 0 saturated carbocycles. The van der Waals surface area contributed by atoms with Crippen molar-refractivity contribution in [3.05, 3.63) is 23.8 Å². The van der Waals surface area contributed by atoms with Crippen molar-refractivity contribution < 1.29 is 34.0 Å². The molecule has 0 saturated heterocycles. The number of aliphatic hydroxyl groups excluding tert-OH is 1. The Hall–Kier alpha value is -2.48. The average molecular weight is 325 g/mol. The predicted octanol–water partition coefficient (Wildman–Crippen LogP) is 1.43. The van der Waals surface area contributed by atoms with Crippen molar-refractivity contribution in [3.8, 4) is 11.5 Å². The van der Waals surface area contributed by atoms with Crippen molar-refractivity contribution in [2.24, 2.45) is 0 Å². The SMILES string of the molecule is CC(C)(C)OC(=O)N[C@@H](C(=O)O)[C@@H](O)c1ccc2c(c1)OCO2. The maximum absolute atomic E-state index is 11.7. The van der Waals surface area contributed by atoms with Crippen LogP contribution in [0, 0.1) is 0 Å². The van der Waals surface area contributed by atoms with E-state index in [-0.39, 0.29) is 12.4 Å². The minimum absolute atomic E-state index is 0.0629. The van der Waals surface area contributed by atoms with E-state index >= 15 is 0 Å². The van der Waals surface area contributed by atoms with Gasteiger partial charge >= 0.3 is 12.1 Å². The molecule has 2 rings (SSSR count). The van der Waals surface area contributed by atoms with Gasteiger partial charge in [-0.15, -0.1) is 0 Å². The first-order valence-electron chi connectivity index (χ1n) is 6.97. The Morgan fingerprint density at radius 3 is 2.52 bits per heavy atom. The van der Waals surface area contributed by atoms with Crippen LogP contribution in [-0.2, 0) is 9.53 Å². The van der Waals surface area contributed by atoms with Gasteiger partial charge < -0.3 is 29.7 Å². The number of ether oxygens (including phenoxy) is 3. The van der Waals surface area contributed by atoms with E-state index < -0.39 is 29.8 Å². The summed E-state index contributed by atoms with van der Waals surface area (Å²) in [7, 11) is 0. The lowest BCUT2D eigenvalue weighted by Crippen LogP contribution is -2.46. The fourth-order valence-electron chi connectivity index (χ4n) is 2.00. The average Bonchev–Trinajstić information content (AvgIpc) is 2.89. The van der Waals surface area contributed by atoms with Crippen LogP contribution in [0.4, 0.5) is 4.79 Å². The van der Waals surface area contributed by atoms with Crippen molar-refractivity contribution >= 4 is 12.1 Å². The molecule has 0 aliphatic carbocycles. The van der Waals surface area contributed by atoms with Gasteiger partial charge in [0.2, 0.25) is 6.79 Å². The number of aliphatic hydroxyl groups is 1. The van der Waals surface area contributed by atoms with Crippen molar-refractivity contribution in [1.29, 1.82) is 0 Å². The normalized spacial score (nSPS) is 15.7. The number of rotatable bonds is 4. The predicted molar refractivity (Wildman–Crippen MR) is 78.3 cm³/mol. The monoisotopic (exact) mass is 325 g/mol. The molecule has 0 fully saturated rings. The number of carbonyl (C=O) groups is 2. The van der Waals surface area contributed by atoms with Gasteiger partial charge in [0, 0.05) is 0 Å². The number of aliphatic carboxylic acids is 1. The van der Waals surface area contributed by atoms with Crippen LogP contribution in [0.25, 0.3) is 0 Å². The summed E-state index contributed by atoms with van der Waals surface area (Å²) in [5.74, 6) is -0.475. The van der Waals surface area contributed by atoms with E-state index in [2.05, 4.69) is 5.32 Å². The van der Waals surface area contributed by atoms with E-state index in [1.807, 2.05) is 0 Å². The summed E-state index contributed by atoms with van der Waals surface area (Å²) >= 11 is 0. The largest absolute Gasteiger partial charge is 0.480 e. The molecule has 126 valence electrons. The van der Waals surface area contributed by atoms with E-state index in [1.165, 1.54) is 12.1 Å². The second-order valence-electron chi connectivity index (χ2n) is 6.02. The fraction of sp³-hybridized carbons (Fsp3) is 0.467. The molecule has 1 aliphatic rings. The highest BCUT2D eigenvalue weighted by atomic mass is 16.7. The molecule has 1 aromatic rings. The zero-order chi connectivity index (χ0) is 17.2. The number of fused-ring (bicyclic) bond motifs is 1. The van der Waals surface area contributed by atoms with Crippen LogP contribution in [0.3, 0.4) is 0 Å². The molecule has 0 radical (unpaired) electrons. The van der Waals surface area contributed by atoms with Gasteiger partial charge in [-0.05, 0) is 38.5 Å². The van der Waals surface area contributed by atoms with E-state index in [9.17, 15) is 19.8 Å². The number of hydrogen-bond donors (Lipinski definition) is 3. The third-order valence-corrected chi connectivity index (χ3v) is 2.99. The first-order valence-corrected chi connectivity index (χ1v) is 6.97. The van der Waals surface area contributed by atoms with Crippen molar-refractivity contribution in [3.63, 3.8) is 0 Å². The Bertz CT molecular complexity index is 608. The van der Waals surface area contributed by atoms with Gasteiger partial charge in [-0.2, -0.15) is 0 Å². The van der Waals surface area contributed by atoms with E-state index in [1.54, 1.807) is 26.8 Å². The van der Waals surface area contributed by atoms with E-state index in [4.69, 9.17) is 14.2 Å². The molecule has 3 N–H and O–H groups in total. The molecule has 1 aliphatic heterocycles. The number of carboxylic acid groups (broad SMARTS) is 1. The molecule has 1 amide bonds.